The lowest BCUT2D eigenvalue weighted by Gasteiger charge is -2.07. The van der Waals surface area contributed by atoms with Gasteiger partial charge in [-0.2, -0.15) is 5.10 Å². The first-order valence-corrected chi connectivity index (χ1v) is 6.72. The molecule has 2 aromatic heterocycles. The first-order valence-electron chi connectivity index (χ1n) is 6.72. The molecule has 1 N–H and O–H groups in total. The van der Waals surface area contributed by atoms with Gasteiger partial charge < -0.3 is 9.73 Å². The summed E-state index contributed by atoms with van der Waals surface area (Å²) >= 11 is 0. The van der Waals surface area contributed by atoms with E-state index in [0.29, 0.717) is 17.9 Å². The van der Waals surface area contributed by atoms with Crippen molar-refractivity contribution in [1.82, 2.24) is 14.8 Å². The highest BCUT2D eigenvalue weighted by molar-refractivity contribution is 5.49. The van der Waals surface area contributed by atoms with Gasteiger partial charge in [0.05, 0.1) is 6.54 Å². The van der Waals surface area contributed by atoms with E-state index in [-0.39, 0.29) is 5.82 Å². The van der Waals surface area contributed by atoms with Crippen molar-refractivity contribution in [3.05, 3.63) is 60.3 Å². The van der Waals surface area contributed by atoms with Crippen LogP contribution in [0.4, 0.5) is 10.1 Å². The van der Waals surface area contributed by atoms with E-state index in [1.807, 2.05) is 19.1 Å². The van der Waals surface area contributed by atoms with Crippen molar-refractivity contribution in [2.45, 2.75) is 19.9 Å². The number of rotatable bonds is 5. The van der Waals surface area contributed by atoms with Gasteiger partial charge in [0.15, 0.2) is 5.82 Å². The molecule has 0 bridgehead atoms. The first kappa shape index (κ1) is 13.4. The van der Waals surface area contributed by atoms with E-state index in [1.54, 1.807) is 12.1 Å². The molecular weight excluding hydrogens is 271 g/mol. The molecule has 0 unspecified atom stereocenters. The van der Waals surface area contributed by atoms with Crippen molar-refractivity contribution >= 4 is 5.69 Å². The summed E-state index contributed by atoms with van der Waals surface area (Å²) in [4.78, 5) is 3.81. The third-order valence-electron chi connectivity index (χ3n) is 3.15. The van der Waals surface area contributed by atoms with Crippen molar-refractivity contribution < 1.29 is 8.81 Å². The monoisotopic (exact) mass is 286 g/mol. The van der Waals surface area contributed by atoms with Crippen LogP contribution < -0.4 is 5.32 Å². The molecule has 3 rings (SSSR count). The fourth-order valence-corrected chi connectivity index (χ4v) is 2.03. The highest BCUT2D eigenvalue weighted by Crippen LogP contribution is 2.18. The lowest BCUT2D eigenvalue weighted by atomic mass is 10.2. The summed E-state index contributed by atoms with van der Waals surface area (Å²) in [5, 5.41) is 7.05. The van der Waals surface area contributed by atoms with Gasteiger partial charge in [-0.1, -0.05) is 6.92 Å². The van der Waals surface area contributed by atoms with Gasteiger partial charge in [0.1, 0.15) is 29.9 Å². The SMILES string of the molecule is CCc1ccc(CNc2ccc(-n3cncn3)c(F)c2)o1. The van der Waals surface area contributed by atoms with Gasteiger partial charge in [-0.05, 0) is 30.3 Å². The zero-order chi connectivity index (χ0) is 14.7. The number of nitrogens with one attached hydrogen (secondary N) is 1. The van der Waals surface area contributed by atoms with Crippen molar-refractivity contribution in [3.8, 4) is 5.69 Å². The van der Waals surface area contributed by atoms with Crippen LogP contribution in [0.5, 0.6) is 0 Å². The fourth-order valence-electron chi connectivity index (χ4n) is 2.03. The Morgan fingerprint density at radius 3 is 2.76 bits per heavy atom. The molecule has 0 saturated carbocycles. The summed E-state index contributed by atoms with van der Waals surface area (Å²) in [5.41, 5.74) is 1.05. The van der Waals surface area contributed by atoms with Crippen LogP contribution in [0, 0.1) is 5.82 Å². The lowest BCUT2D eigenvalue weighted by Crippen LogP contribution is -2.02. The van der Waals surface area contributed by atoms with Crippen molar-refractivity contribution in [2.24, 2.45) is 0 Å². The molecular formula is C15H15FN4O. The van der Waals surface area contributed by atoms with Crippen LogP contribution in [0.25, 0.3) is 5.69 Å². The second kappa shape index (κ2) is 5.78. The standard InChI is InChI=1S/C15H15FN4O/c1-2-12-4-5-13(21-12)8-18-11-3-6-15(14(16)7-11)20-10-17-9-19-20/h3-7,9-10,18H,2,8H2,1H3. The zero-order valence-electron chi connectivity index (χ0n) is 11.6. The number of aryl methyl sites for hydroxylation is 1. The number of furan rings is 1. The molecule has 6 heteroatoms. The van der Waals surface area contributed by atoms with E-state index >= 15 is 0 Å². The number of aromatic nitrogens is 3. The number of halogens is 1. The predicted octanol–water partition coefficient (Wildman–Crippen LogP) is 3.17. The second-order valence-corrected chi connectivity index (χ2v) is 4.58. The minimum Gasteiger partial charge on any atom is -0.464 e. The molecule has 1 aromatic carbocycles. The fraction of sp³-hybridized carbons (Fsp3) is 0.200. The van der Waals surface area contributed by atoms with E-state index in [4.69, 9.17) is 4.42 Å². The Labute approximate surface area is 121 Å². The number of hydrogen-bond donors (Lipinski definition) is 1. The van der Waals surface area contributed by atoms with Gasteiger partial charge in [0, 0.05) is 12.1 Å². The average Bonchev–Trinajstić information content (AvgIpc) is 3.16. The molecule has 0 spiro atoms. The van der Waals surface area contributed by atoms with Gasteiger partial charge >= 0.3 is 0 Å². The largest absolute Gasteiger partial charge is 0.464 e. The molecule has 5 nitrogen and oxygen atoms in total. The maximum Gasteiger partial charge on any atom is 0.150 e. The van der Waals surface area contributed by atoms with Crippen LogP contribution in [0.2, 0.25) is 0 Å². The molecule has 0 aliphatic rings. The summed E-state index contributed by atoms with van der Waals surface area (Å²) in [7, 11) is 0. The Morgan fingerprint density at radius 1 is 1.24 bits per heavy atom. The lowest BCUT2D eigenvalue weighted by molar-refractivity contribution is 0.476. The maximum absolute atomic E-state index is 14.0. The minimum absolute atomic E-state index is 0.362. The Bertz CT molecular complexity index is 721. The highest BCUT2D eigenvalue weighted by Gasteiger charge is 2.07. The number of benzene rings is 1. The van der Waals surface area contributed by atoms with E-state index in [0.717, 1.165) is 17.9 Å². The quantitative estimate of drug-likeness (QED) is 0.782. The molecule has 0 aliphatic carbocycles. The maximum atomic E-state index is 14.0. The summed E-state index contributed by atoms with van der Waals surface area (Å²) in [6, 6.07) is 8.76. The van der Waals surface area contributed by atoms with Gasteiger partial charge in [-0.25, -0.2) is 14.1 Å². The molecule has 0 atom stereocenters. The van der Waals surface area contributed by atoms with Crippen LogP contribution in [-0.2, 0) is 13.0 Å². The molecule has 0 aliphatic heterocycles. The number of anilines is 1. The van der Waals surface area contributed by atoms with Gasteiger partial charge in [-0.15, -0.1) is 0 Å². The summed E-state index contributed by atoms with van der Waals surface area (Å²) < 4.78 is 21.0. The molecule has 0 radical (unpaired) electrons. The Kier molecular flexibility index (Phi) is 3.68. The topological polar surface area (TPSA) is 55.9 Å². The van der Waals surface area contributed by atoms with Gasteiger partial charge in [-0.3, -0.25) is 0 Å². The third-order valence-corrected chi connectivity index (χ3v) is 3.15. The molecule has 0 amide bonds. The molecule has 108 valence electrons. The summed E-state index contributed by atoms with van der Waals surface area (Å²) in [6.07, 6.45) is 3.69. The van der Waals surface area contributed by atoms with Crippen molar-refractivity contribution in [1.29, 1.82) is 0 Å². The highest BCUT2D eigenvalue weighted by atomic mass is 19.1. The van der Waals surface area contributed by atoms with E-state index in [2.05, 4.69) is 15.4 Å². The van der Waals surface area contributed by atoms with Crippen LogP contribution in [0.3, 0.4) is 0 Å². The molecule has 2 heterocycles. The third kappa shape index (κ3) is 2.94. The van der Waals surface area contributed by atoms with Gasteiger partial charge in [0.25, 0.3) is 0 Å². The smallest absolute Gasteiger partial charge is 0.150 e. The first-order chi connectivity index (χ1) is 10.3. The Balaban J connectivity index is 1.70. The molecule has 3 aromatic rings. The number of hydrogen-bond acceptors (Lipinski definition) is 4. The van der Waals surface area contributed by atoms with Crippen LogP contribution in [0.15, 0.2) is 47.4 Å². The zero-order valence-corrected chi connectivity index (χ0v) is 11.6. The second-order valence-electron chi connectivity index (χ2n) is 4.58. The number of nitrogens with zero attached hydrogens (tertiary/aromatic N) is 3. The van der Waals surface area contributed by atoms with Crippen LogP contribution in [-0.4, -0.2) is 14.8 Å². The average molecular weight is 286 g/mol. The molecule has 0 saturated heterocycles. The normalized spacial score (nSPS) is 10.8. The van der Waals surface area contributed by atoms with Crippen molar-refractivity contribution in [3.63, 3.8) is 0 Å². The van der Waals surface area contributed by atoms with E-state index in [9.17, 15) is 4.39 Å². The minimum atomic E-state index is -0.362. The summed E-state index contributed by atoms with van der Waals surface area (Å²) in [6.45, 7) is 2.55. The Hall–Kier alpha value is -2.63. The van der Waals surface area contributed by atoms with E-state index < -0.39 is 0 Å². The molecule has 21 heavy (non-hydrogen) atoms. The van der Waals surface area contributed by atoms with Crippen molar-refractivity contribution in [2.75, 3.05) is 5.32 Å². The van der Waals surface area contributed by atoms with Crippen LogP contribution >= 0.6 is 0 Å². The predicted molar refractivity (Wildman–Crippen MR) is 76.7 cm³/mol. The molecule has 0 fully saturated rings. The summed E-state index contributed by atoms with van der Waals surface area (Å²) in [5.74, 6) is 1.41. The Morgan fingerprint density at radius 2 is 2.10 bits per heavy atom. The van der Waals surface area contributed by atoms with Crippen LogP contribution in [0.1, 0.15) is 18.4 Å². The van der Waals surface area contributed by atoms with E-state index in [1.165, 1.54) is 23.4 Å². The van der Waals surface area contributed by atoms with Gasteiger partial charge in [0.2, 0.25) is 0 Å².